The lowest BCUT2D eigenvalue weighted by molar-refractivity contribution is -0.242. The van der Waals surface area contributed by atoms with E-state index in [0.29, 0.717) is 60.9 Å². The number of carbonyl (C=O) groups excluding carboxylic acids is 2. The van der Waals surface area contributed by atoms with E-state index in [2.05, 4.69) is 20.8 Å². The highest BCUT2D eigenvalue weighted by Gasteiger charge is 2.65. The SMILES string of the molecule is CCOC(=O)C(C)CCC[C@@H](C)[C@H]1CCC2C3C(CC[C@@]21C)[C@@]1(C)CCC2(C[C@@H]1C[C@H]3OC(=O)c1ccccc1)OCCO2. The Morgan fingerprint density at radius 2 is 1.66 bits per heavy atom. The van der Waals surface area contributed by atoms with Gasteiger partial charge in [-0.3, -0.25) is 4.79 Å². The van der Waals surface area contributed by atoms with Crippen molar-refractivity contribution in [1.82, 2.24) is 0 Å². The smallest absolute Gasteiger partial charge is 0.338 e. The predicted molar refractivity (Wildman–Crippen MR) is 170 cm³/mol. The summed E-state index contributed by atoms with van der Waals surface area (Å²) in [4.78, 5) is 25.8. The molecular weight excluding hydrogens is 552 g/mol. The van der Waals surface area contributed by atoms with Crippen molar-refractivity contribution in [2.75, 3.05) is 19.8 Å². The summed E-state index contributed by atoms with van der Waals surface area (Å²) in [6.45, 7) is 13.3. The molecule has 5 fully saturated rings. The first-order valence-electron chi connectivity index (χ1n) is 17.8. The summed E-state index contributed by atoms with van der Waals surface area (Å²) >= 11 is 0. The highest BCUT2D eigenvalue weighted by atomic mass is 16.7. The fourth-order valence-electron chi connectivity index (χ4n) is 11.1. The van der Waals surface area contributed by atoms with Gasteiger partial charge in [-0.1, -0.05) is 58.7 Å². The minimum Gasteiger partial charge on any atom is -0.466 e. The van der Waals surface area contributed by atoms with Crippen LogP contribution in [0, 0.1) is 52.3 Å². The molecule has 0 aromatic heterocycles. The molecule has 4 aliphatic carbocycles. The van der Waals surface area contributed by atoms with E-state index in [0.717, 1.165) is 44.9 Å². The van der Waals surface area contributed by atoms with E-state index in [4.69, 9.17) is 18.9 Å². The van der Waals surface area contributed by atoms with Crippen LogP contribution in [0.4, 0.5) is 0 Å². The zero-order valence-electron chi connectivity index (χ0n) is 27.9. The van der Waals surface area contributed by atoms with Crippen LogP contribution in [-0.2, 0) is 23.7 Å². The Morgan fingerprint density at radius 3 is 2.39 bits per heavy atom. The van der Waals surface area contributed by atoms with Crippen LogP contribution in [-0.4, -0.2) is 43.7 Å². The van der Waals surface area contributed by atoms with Crippen LogP contribution in [0.15, 0.2) is 30.3 Å². The predicted octanol–water partition coefficient (Wildman–Crippen LogP) is 8.23. The minimum atomic E-state index is -0.438. The van der Waals surface area contributed by atoms with Crippen molar-refractivity contribution >= 4 is 11.9 Å². The zero-order valence-corrected chi connectivity index (χ0v) is 27.9. The van der Waals surface area contributed by atoms with Gasteiger partial charge in [0.1, 0.15) is 6.10 Å². The van der Waals surface area contributed by atoms with Crippen LogP contribution >= 0.6 is 0 Å². The number of hydrogen-bond donors (Lipinski definition) is 0. The Labute approximate surface area is 265 Å². The van der Waals surface area contributed by atoms with Gasteiger partial charge in [-0.15, -0.1) is 0 Å². The second kappa shape index (κ2) is 12.7. The number of esters is 2. The van der Waals surface area contributed by atoms with Crippen LogP contribution < -0.4 is 0 Å². The van der Waals surface area contributed by atoms with Crippen molar-refractivity contribution in [1.29, 1.82) is 0 Å². The maximum atomic E-state index is 13.6. The molecule has 244 valence electrons. The van der Waals surface area contributed by atoms with Gasteiger partial charge in [-0.2, -0.15) is 0 Å². The molecule has 5 aliphatic rings. The third-order valence-electron chi connectivity index (χ3n) is 13.5. The summed E-state index contributed by atoms with van der Waals surface area (Å²) in [6, 6.07) is 9.55. The Balaban J connectivity index is 1.21. The van der Waals surface area contributed by atoms with Gasteiger partial charge >= 0.3 is 11.9 Å². The van der Waals surface area contributed by atoms with E-state index in [-0.39, 0.29) is 34.8 Å². The van der Waals surface area contributed by atoms with Gasteiger partial charge in [0, 0.05) is 18.8 Å². The molecule has 1 aromatic rings. The summed E-state index contributed by atoms with van der Waals surface area (Å²) in [5.74, 6) is 2.49. The Morgan fingerprint density at radius 1 is 0.932 bits per heavy atom. The minimum absolute atomic E-state index is 0.0323. The summed E-state index contributed by atoms with van der Waals surface area (Å²) in [5, 5.41) is 0. The fourth-order valence-corrected chi connectivity index (χ4v) is 11.1. The largest absolute Gasteiger partial charge is 0.466 e. The Hall–Kier alpha value is -1.92. The molecule has 6 rings (SSSR count). The lowest BCUT2D eigenvalue weighted by atomic mass is 9.43. The quantitative estimate of drug-likeness (QED) is 0.263. The number of ether oxygens (including phenoxy) is 4. The molecule has 1 aliphatic heterocycles. The normalized spacial score (nSPS) is 38.7. The molecule has 0 bridgehead atoms. The van der Waals surface area contributed by atoms with Crippen molar-refractivity contribution < 1.29 is 28.5 Å². The van der Waals surface area contributed by atoms with Crippen LogP contribution in [0.5, 0.6) is 0 Å². The molecule has 0 radical (unpaired) electrons. The third kappa shape index (κ3) is 5.76. The molecule has 1 aromatic carbocycles. The maximum absolute atomic E-state index is 13.6. The van der Waals surface area contributed by atoms with Crippen LogP contribution in [0.3, 0.4) is 0 Å². The lowest BCUT2D eigenvalue weighted by Gasteiger charge is -2.63. The molecule has 10 atom stereocenters. The lowest BCUT2D eigenvalue weighted by Crippen LogP contribution is -2.60. The fraction of sp³-hybridized carbons (Fsp3) is 0.789. The van der Waals surface area contributed by atoms with E-state index in [1.54, 1.807) is 0 Å². The molecule has 1 saturated heterocycles. The standard InChI is InChI=1S/C38H56O6/c1-6-41-34(39)26(3)12-10-11-25(2)29-15-16-30-33-31(17-18-37(29,30)5)36(4)19-20-38(42-21-22-43-38)24-28(36)23-32(33)44-35(40)27-13-8-7-9-14-27/h7-9,13-14,25-26,28-33H,6,10-12,15-24H2,1-5H3/t25-,26?,28+,29-,30?,31?,32-,33?,36+,37-/m1/s1. The number of rotatable bonds is 9. The second-order valence-electron chi connectivity index (χ2n) is 15.6. The van der Waals surface area contributed by atoms with E-state index >= 15 is 0 Å². The van der Waals surface area contributed by atoms with Crippen molar-refractivity contribution in [3.05, 3.63) is 35.9 Å². The third-order valence-corrected chi connectivity index (χ3v) is 13.5. The molecule has 6 heteroatoms. The van der Waals surface area contributed by atoms with E-state index in [1.165, 1.54) is 25.7 Å². The van der Waals surface area contributed by atoms with Crippen molar-refractivity contribution in [2.24, 2.45) is 52.3 Å². The first-order chi connectivity index (χ1) is 21.1. The molecule has 44 heavy (non-hydrogen) atoms. The van der Waals surface area contributed by atoms with Crippen molar-refractivity contribution in [3.8, 4) is 0 Å². The molecule has 1 heterocycles. The molecular formula is C38H56O6. The summed E-state index contributed by atoms with van der Waals surface area (Å²) in [7, 11) is 0. The molecule has 0 amide bonds. The van der Waals surface area contributed by atoms with Crippen LogP contribution in [0.2, 0.25) is 0 Å². The monoisotopic (exact) mass is 608 g/mol. The Kier molecular flexibility index (Phi) is 9.25. The molecule has 0 N–H and O–H groups in total. The van der Waals surface area contributed by atoms with E-state index in [1.807, 2.05) is 44.2 Å². The molecule has 4 unspecified atom stereocenters. The van der Waals surface area contributed by atoms with Gasteiger partial charge in [0.25, 0.3) is 0 Å². The number of benzene rings is 1. The van der Waals surface area contributed by atoms with Gasteiger partial charge in [0.05, 0.1) is 31.3 Å². The second-order valence-corrected chi connectivity index (χ2v) is 15.6. The van der Waals surface area contributed by atoms with Crippen molar-refractivity contribution in [2.45, 2.75) is 117 Å². The van der Waals surface area contributed by atoms with E-state index < -0.39 is 5.79 Å². The summed E-state index contributed by atoms with van der Waals surface area (Å²) < 4.78 is 24.3. The molecule has 6 nitrogen and oxygen atoms in total. The summed E-state index contributed by atoms with van der Waals surface area (Å²) in [6.07, 6.45) is 11.9. The number of fused-ring (bicyclic) bond motifs is 5. The molecule has 1 spiro atoms. The van der Waals surface area contributed by atoms with Gasteiger partial charge in [0.2, 0.25) is 0 Å². The first kappa shape index (κ1) is 32.0. The van der Waals surface area contributed by atoms with Crippen molar-refractivity contribution in [3.63, 3.8) is 0 Å². The van der Waals surface area contributed by atoms with Crippen LogP contribution in [0.25, 0.3) is 0 Å². The highest BCUT2D eigenvalue weighted by molar-refractivity contribution is 5.89. The first-order valence-corrected chi connectivity index (χ1v) is 17.8. The average Bonchev–Trinajstić information content (AvgIpc) is 3.62. The van der Waals surface area contributed by atoms with Gasteiger partial charge < -0.3 is 18.9 Å². The number of carbonyl (C=O) groups is 2. The van der Waals surface area contributed by atoms with Crippen LogP contribution in [0.1, 0.15) is 116 Å². The average molecular weight is 609 g/mol. The zero-order chi connectivity index (χ0) is 31.1. The van der Waals surface area contributed by atoms with E-state index in [9.17, 15) is 9.59 Å². The number of hydrogen-bond acceptors (Lipinski definition) is 6. The molecule has 4 saturated carbocycles. The highest BCUT2D eigenvalue weighted by Crippen LogP contribution is 2.69. The Bertz CT molecular complexity index is 1160. The topological polar surface area (TPSA) is 71.1 Å². The summed E-state index contributed by atoms with van der Waals surface area (Å²) in [5.41, 5.74) is 1.12. The van der Waals surface area contributed by atoms with Gasteiger partial charge in [-0.05, 0) is 104 Å². The van der Waals surface area contributed by atoms with Gasteiger partial charge in [-0.25, -0.2) is 4.79 Å². The maximum Gasteiger partial charge on any atom is 0.338 e. The van der Waals surface area contributed by atoms with Gasteiger partial charge in [0.15, 0.2) is 5.79 Å².